The van der Waals surface area contributed by atoms with E-state index in [4.69, 9.17) is 9.72 Å². The van der Waals surface area contributed by atoms with Crippen molar-refractivity contribution in [3.63, 3.8) is 0 Å². The molecule has 0 fully saturated rings. The van der Waals surface area contributed by atoms with Crippen LogP contribution in [0.15, 0.2) is 162 Å². The minimum absolute atomic E-state index is 0.0528. The molecule has 0 saturated heterocycles. The molecule has 0 unspecified atom stereocenters. The summed E-state index contributed by atoms with van der Waals surface area (Å²) in [5, 5.41) is 1.64. The van der Waals surface area contributed by atoms with Crippen LogP contribution in [-0.2, 0) is 38.1 Å². The van der Waals surface area contributed by atoms with Crippen LogP contribution in [0.5, 0.6) is 0 Å². The second kappa shape index (κ2) is 13.2. The van der Waals surface area contributed by atoms with Gasteiger partial charge in [0.1, 0.15) is 12.2 Å². The lowest BCUT2D eigenvalue weighted by Crippen LogP contribution is -2.13. The van der Waals surface area contributed by atoms with Gasteiger partial charge in [-0.05, 0) is 55.0 Å². The molecule has 0 aliphatic carbocycles. The number of ether oxygens (including phenoxy) is 1. The maximum absolute atomic E-state index is 15.0. The highest BCUT2D eigenvalue weighted by molar-refractivity contribution is 7.90. The maximum Gasteiger partial charge on any atom is 0.268 e. The van der Waals surface area contributed by atoms with Gasteiger partial charge in [-0.3, -0.25) is 4.79 Å². The second-order valence-corrected chi connectivity index (χ2v) is 16.9. The summed E-state index contributed by atoms with van der Waals surface area (Å²) in [6.45, 7) is 2.23. The number of hydrogen-bond donors (Lipinski definition) is 0. The zero-order valence-electron chi connectivity index (χ0n) is 29.4. The van der Waals surface area contributed by atoms with E-state index in [1.165, 1.54) is 34.4 Å². The molecule has 0 bridgehead atoms. The number of carbonyl (C=O) groups excluding carboxylic acids is 1. The largest absolute Gasteiger partial charge is 0.356 e. The zero-order valence-corrected chi connectivity index (χ0v) is 31.0. The molecule has 6 aromatic carbocycles. The maximum atomic E-state index is 15.0. The third kappa shape index (κ3) is 5.65. The average molecular weight is 765 g/mol. The second-order valence-electron chi connectivity index (χ2n) is 13.3. The summed E-state index contributed by atoms with van der Waals surface area (Å²) in [6, 6.07) is 39.9. The number of para-hydroxylation sites is 2. The Labute approximate surface area is 316 Å². The van der Waals surface area contributed by atoms with E-state index in [9.17, 15) is 16.8 Å². The van der Waals surface area contributed by atoms with Gasteiger partial charge in [0.05, 0.1) is 50.4 Å². The Bertz CT molecular complexity index is 3170. The first kappa shape index (κ1) is 34.4. The predicted molar refractivity (Wildman–Crippen MR) is 212 cm³/mol. The van der Waals surface area contributed by atoms with Crippen LogP contribution in [0.1, 0.15) is 27.0 Å². The molecule has 0 N–H and O–H groups in total. The SMILES string of the molecule is Cc1ccc(S(=O)(=O)n2cc(C(=O)c3cc4c(c5ccccc5n4S(=O)(=O)c4ccccc4)c4c3ncn4COCc3ccccc3)c3ccccc32)cc1. The topological polar surface area (TPSA) is 122 Å². The average Bonchev–Trinajstić information content (AvgIpc) is 3.91. The fourth-order valence-electron chi connectivity index (χ4n) is 7.22. The van der Waals surface area contributed by atoms with Gasteiger partial charge in [0, 0.05) is 27.9 Å². The molecule has 3 aromatic heterocycles. The van der Waals surface area contributed by atoms with Gasteiger partial charge >= 0.3 is 0 Å². The lowest BCUT2D eigenvalue weighted by atomic mass is 9.99. The summed E-state index contributed by atoms with van der Waals surface area (Å²) in [5.41, 5.74) is 3.93. The van der Waals surface area contributed by atoms with Crippen molar-refractivity contribution in [3.8, 4) is 0 Å². The Morgan fingerprint density at radius 2 is 1.27 bits per heavy atom. The van der Waals surface area contributed by atoms with Crippen molar-refractivity contribution in [2.45, 2.75) is 30.1 Å². The number of ketones is 1. The van der Waals surface area contributed by atoms with Crippen LogP contribution in [0, 0.1) is 6.92 Å². The number of aryl methyl sites for hydroxylation is 1. The number of aromatic nitrogens is 4. The van der Waals surface area contributed by atoms with E-state index in [1.807, 2.05) is 49.4 Å². The zero-order chi connectivity index (χ0) is 37.9. The summed E-state index contributed by atoms with van der Waals surface area (Å²) in [6.07, 6.45) is 2.92. The fourth-order valence-corrected chi connectivity index (χ4v) is 10.1. The minimum Gasteiger partial charge on any atom is -0.356 e. The summed E-state index contributed by atoms with van der Waals surface area (Å²) >= 11 is 0. The third-order valence-corrected chi connectivity index (χ3v) is 13.3. The summed E-state index contributed by atoms with van der Waals surface area (Å²) in [4.78, 5) is 19.9. The van der Waals surface area contributed by atoms with E-state index in [1.54, 1.807) is 83.7 Å². The Morgan fingerprint density at radius 1 is 0.655 bits per heavy atom. The van der Waals surface area contributed by atoms with Crippen molar-refractivity contribution in [1.29, 1.82) is 0 Å². The minimum atomic E-state index is -4.20. The van der Waals surface area contributed by atoms with Crippen LogP contribution in [0.4, 0.5) is 0 Å². The number of benzene rings is 6. The molecule has 0 aliphatic rings. The van der Waals surface area contributed by atoms with Crippen LogP contribution in [0.3, 0.4) is 0 Å². The van der Waals surface area contributed by atoms with Gasteiger partial charge in [-0.25, -0.2) is 29.8 Å². The molecule has 0 aliphatic heterocycles. The lowest BCUT2D eigenvalue weighted by molar-refractivity contribution is 0.0665. The molecule has 0 saturated carbocycles. The summed E-state index contributed by atoms with van der Waals surface area (Å²) in [5.74, 6) is -0.523. The molecule has 272 valence electrons. The van der Waals surface area contributed by atoms with E-state index >= 15 is 4.79 Å². The smallest absolute Gasteiger partial charge is 0.268 e. The summed E-state index contributed by atoms with van der Waals surface area (Å²) in [7, 11) is -8.31. The first-order chi connectivity index (χ1) is 26.6. The number of rotatable bonds is 10. The number of imidazole rings is 1. The fraction of sp³-hybridized carbons (Fsp3) is 0.0698. The normalized spacial score (nSPS) is 12.3. The van der Waals surface area contributed by atoms with Crippen LogP contribution in [-0.4, -0.2) is 40.1 Å². The first-order valence-electron chi connectivity index (χ1n) is 17.4. The van der Waals surface area contributed by atoms with Crippen molar-refractivity contribution in [1.82, 2.24) is 17.5 Å². The van der Waals surface area contributed by atoms with Gasteiger partial charge in [-0.2, -0.15) is 0 Å². The van der Waals surface area contributed by atoms with E-state index in [0.717, 1.165) is 15.1 Å². The van der Waals surface area contributed by atoms with Crippen molar-refractivity contribution < 1.29 is 26.4 Å². The summed E-state index contributed by atoms with van der Waals surface area (Å²) < 4.78 is 67.6. The van der Waals surface area contributed by atoms with Gasteiger partial charge in [0.15, 0.2) is 5.78 Å². The van der Waals surface area contributed by atoms with Crippen molar-refractivity contribution in [3.05, 3.63) is 174 Å². The number of carbonyl (C=O) groups is 1. The molecule has 0 radical (unpaired) electrons. The Balaban J connectivity index is 1.30. The molecular formula is C43H32N4O6S2. The molecule has 3 heterocycles. The van der Waals surface area contributed by atoms with Gasteiger partial charge in [0.25, 0.3) is 20.0 Å². The number of hydrogen-bond acceptors (Lipinski definition) is 7. The van der Waals surface area contributed by atoms with Gasteiger partial charge in [-0.15, -0.1) is 0 Å². The Hall–Kier alpha value is -6.34. The van der Waals surface area contributed by atoms with Gasteiger partial charge in [-0.1, -0.05) is 103 Å². The van der Waals surface area contributed by atoms with E-state index in [-0.39, 0.29) is 33.2 Å². The van der Waals surface area contributed by atoms with Crippen LogP contribution in [0.25, 0.3) is 43.7 Å². The van der Waals surface area contributed by atoms with Crippen molar-refractivity contribution >= 4 is 69.6 Å². The molecule has 9 rings (SSSR count). The Morgan fingerprint density at radius 3 is 2.00 bits per heavy atom. The lowest BCUT2D eigenvalue weighted by Gasteiger charge is -2.12. The van der Waals surface area contributed by atoms with Gasteiger partial charge < -0.3 is 9.30 Å². The highest BCUT2D eigenvalue weighted by atomic mass is 32.2. The predicted octanol–water partition coefficient (Wildman–Crippen LogP) is 8.29. The Kier molecular flexibility index (Phi) is 8.26. The van der Waals surface area contributed by atoms with Crippen molar-refractivity contribution in [2.75, 3.05) is 0 Å². The third-order valence-electron chi connectivity index (χ3n) is 9.85. The quantitative estimate of drug-likeness (QED) is 0.129. The number of fused-ring (bicyclic) bond motifs is 6. The van der Waals surface area contributed by atoms with E-state index in [0.29, 0.717) is 44.8 Å². The highest BCUT2D eigenvalue weighted by Crippen LogP contribution is 2.40. The van der Waals surface area contributed by atoms with E-state index in [2.05, 4.69) is 0 Å². The molecular weight excluding hydrogens is 733 g/mol. The van der Waals surface area contributed by atoms with Crippen LogP contribution in [0.2, 0.25) is 0 Å². The van der Waals surface area contributed by atoms with Crippen molar-refractivity contribution in [2.24, 2.45) is 0 Å². The number of nitrogens with zero attached hydrogens (tertiary/aromatic N) is 4. The van der Waals surface area contributed by atoms with Crippen LogP contribution < -0.4 is 0 Å². The highest BCUT2D eigenvalue weighted by Gasteiger charge is 2.30. The monoisotopic (exact) mass is 764 g/mol. The standard InChI is InChI=1S/C43H32N4O6S2/c1-29-20-22-32(23-21-29)54(49,50)46-25-36(33-16-8-10-18-37(33)46)43(48)35-24-39-40(42-41(35)44-27-45(42)28-53-26-30-12-4-2-5-13-30)34-17-9-11-19-38(34)47(39)55(51,52)31-14-6-3-7-15-31/h2-25,27H,26,28H2,1H3. The molecule has 10 nitrogen and oxygen atoms in total. The molecule has 12 heteroatoms. The molecule has 0 atom stereocenters. The molecule has 0 spiro atoms. The van der Waals surface area contributed by atoms with E-state index < -0.39 is 25.8 Å². The van der Waals surface area contributed by atoms with Crippen LogP contribution >= 0.6 is 0 Å². The molecule has 9 aromatic rings. The molecule has 0 amide bonds. The van der Waals surface area contributed by atoms with Gasteiger partial charge in [0.2, 0.25) is 0 Å². The molecule has 55 heavy (non-hydrogen) atoms. The first-order valence-corrected chi connectivity index (χ1v) is 20.3.